The molecule has 0 N–H and O–H groups in total. The molecule has 2 aromatic heterocycles. The Labute approximate surface area is 85.3 Å². The molecule has 0 unspecified atom stereocenters. The van der Waals surface area contributed by atoms with Crippen LogP contribution >= 0.6 is 11.6 Å². The maximum absolute atomic E-state index is 10.4. The zero-order chi connectivity index (χ0) is 9.97. The summed E-state index contributed by atoms with van der Waals surface area (Å²) in [5.74, 6) is 0.877. The van der Waals surface area contributed by atoms with Crippen molar-refractivity contribution in [1.82, 2.24) is 4.98 Å². The number of furan rings is 1. The zero-order valence-electron chi connectivity index (χ0n) is 7.11. The smallest absolute Gasteiger partial charge is 0.185 e. The highest BCUT2D eigenvalue weighted by Crippen LogP contribution is 2.22. The van der Waals surface area contributed by atoms with Crippen molar-refractivity contribution < 1.29 is 9.21 Å². The second-order valence-corrected chi connectivity index (χ2v) is 3.15. The summed E-state index contributed by atoms with van der Waals surface area (Å²) in [5.41, 5.74) is 0.755. The van der Waals surface area contributed by atoms with Crippen LogP contribution in [-0.2, 0) is 0 Å². The van der Waals surface area contributed by atoms with Crippen molar-refractivity contribution in [3.8, 4) is 11.3 Å². The average Bonchev–Trinajstić information content (AvgIpc) is 2.66. The monoisotopic (exact) mass is 207 g/mol. The van der Waals surface area contributed by atoms with Gasteiger partial charge in [-0.2, -0.15) is 0 Å². The summed E-state index contributed by atoms with van der Waals surface area (Å²) in [5, 5.41) is 0.534. The summed E-state index contributed by atoms with van der Waals surface area (Å²) in [6.07, 6.45) is 3.81. The Kier molecular flexibility index (Phi) is 2.33. The maximum Gasteiger partial charge on any atom is 0.185 e. The summed E-state index contributed by atoms with van der Waals surface area (Å²) in [6, 6.07) is 5.03. The molecule has 2 heterocycles. The molecular weight excluding hydrogens is 202 g/mol. The summed E-state index contributed by atoms with van der Waals surface area (Å²) < 4.78 is 5.21. The number of aromatic nitrogens is 1. The molecule has 0 saturated heterocycles. The average molecular weight is 208 g/mol. The molecule has 70 valence electrons. The van der Waals surface area contributed by atoms with E-state index < -0.39 is 0 Å². The second-order valence-electron chi connectivity index (χ2n) is 2.71. The first-order chi connectivity index (χ1) is 6.79. The van der Waals surface area contributed by atoms with Crippen LogP contribution in [0.25, 0.3) is 11.3 Å². The van der Waals surface area contributed by atoms with Gasteiger partial charge in [0.25, 0.3) is 0 Å². The molecule has 3 nitrogen and oxygen atoms in total. The van der Waals surface area contributed by atoms with Gasteiger partial charge in [-0.3, -0.25) is 9.78 Å². The maximum atomic E-state index is 10.4. The minimum absolute atomic E-state index is 0.292. The fraction of sp³-hybridized carbons (Fsp3) is 0. The molecule has 0 aliphatic heterocycles. The number of carbonyl (C=O) groups is 1. The van der Waals surface area contributed by atoms with Crippen molar-refractivity contribution in [1.29, 1.82) is 0 Å². The van der Waals surface area contributed by atoms with Crippen molar-refractivity contribution in [2.75, 3.05) is 0 Å². The van der Waals surface area contributed by atoms with Crippen LogP contribution in [0, 0.1) is 0 Å². The largest absolute Gasteiger partial charge is 0.453 e. The van der Waals surface area contributed by atoms with E-state index in [-0.39, 0.29) is 0 Å². The third-order valence-corrected chi connectivity index (χ3v) is 1.94. The number of hydrogen-bond donors (Lipinski definition) is 0. The third-order valence-electron chi connectivity index (χ3n) is 1.73. The standard InChI is InChI=1S/C10H6ClNO2/c11-8-3-7(4-12-5-8)10-2-1-9(6-13)14-10/h1-6H. The number of aldehydes is 1. The molecule has 0 radical (unpaired) electrons. The molecule has 2 aromatic rings. The van der Waals surface area contributed by atoms with Crippen LogP contribution in [0.4, 0.5) is 0 Å². The van der Waals surface area contributed by atoms with E-state index in [1.165, 1.54) is 6.20 Å². The highest BCUT2D eigenvalue weighted by Gasteiger charge is 2.04. The molecule has 0 fully saturated rings. The van der Waals surface area contributed by atoms with E-state index in [9.17, 15) is 4.79 Å². The lowest BCUT2D eigenvalue weighted by molar-refractivity contribution is 0.110. The summed E-state index contributed by atoms with van der Waals surface area (Å²) in [4.78, 5) is 14.3. The number of hydrogen-bond acceptors (Lipinski definition) is 3. The van der Waals surface area contributed by atoms with Crippen molar-refractivity contribution in [3.05, 3.63) is 41.4 Å². The SMILES string of the molecule is O=Cc1ccc(-c2cncc(Cl)c2)o1. The third kappa shape index (κ3) is 1.67. The van der Waals surface area contributed by atoms with E-state index >= 15 is 0 Å². The molecule has 0 aromatic carbocycles. The number of rotatable bonds is 2. The van der Waals surface area contributed by atoms with E-state index in [0.29, 0.717) is 22.8 Å². The second kappa shape index (κ2) is 3.64. The minimum Gasteiger partial charge on any atom is -0.453 e. The Balaban J connectivity index is 2.43. The zero-order valence-corrected chi connectivity index (χ0v) is 7.86. The van der Waals surface area contributed by atoms with E-state index in [2.05, 4.69) is 4.98 Å². The van der Waals surface area contributed by atoms with Gasteiger partial charge in [-0.15, -0.1) is 0 Å². The number of pyridine rings is 1. The first-order valence-electron chi connectivity index (χ1n) is 3.95. The van der Waals surface area contributed by atoms with E-state index in [1.54, 1.807) is 24.4 Å². The van der Waals surface area contributed by atoms with Gasteiger partial charge >= 0.3 is 0 Å². The quantitative estimate of drug-likeness (QED) is 0.712. The Hall–Kier alpha value is -1.61. The van der Waals surface area contributed by atoms with Gasteiger partial charge in [0.05, 0.1) is 5.02 Å². The Bertz CT molecular complexity index is 465. The summed E-state index contributed by atoms with van der Waals surface area (Å²) >= 11 is 5.76. The van der Waals surface area contributed by atoms with Crippen molar-refractivity contribution in [3.63, 3.8) is 0 Å². The molecule has 0 atom stereocenters. The fourth-order valence-electron chi connectivity index (χ4n) is 1.12. The number of halogens is 1. The van der Waals surface area contributed by atoms with Gasteiger partial charge in [0.1, 0.15) is 5.76 Å². The van der Waals surface area contributed by atoms with Gasteiger partial charge in [0.2, 0.25) is 0 Å². The predicted octanol–water partition coefficient (Wildman–Crippen LogP) is 2.81. The van der Waals surface area contributed by atoms with E-state index in [4.69, 9.17) is 16.0 Å². The Morgan fingerprint density at radius 3 is 2.86 bits per heavy atom. The highest BCUT2D eigenvalue weighted by molar-refractivity contribution is 6.30. The predicted molar refractivity (Wildman–Crippen MR) is 52.3 cm³/mol. The van der Waals surface area contributed by atoms with Crippen molar-refractivity contribution in [2.24, 2.45) is 0 Å². The van der Waals surface area contributed by atoms with Crippen LogP contribution in [0.15, 0.2) is 35.0 Å². The highest BCUT2D eigenvalue weighted by atomic mass is 35.5. The Morgan fingerprint density at radius 1 is 1.36 bits per heavy atom. The molecule has 0 amide bonds. The van der Waals surface area contributed by atoms with Gasteiger partial charge in [-0.05, 0) is 18.2 Å². The molecular formula is C10H6ClNO2. The molecule has 4 heteroatoms. The summed E-state index contributed by atoms with van der Waals surface area (Å²) in [6.45, 7) is 0. The van der Waals surface area contributed by atoms with Crippen LogP contribution in [0.5, 0.6) is 0 Å². The van der Waals surface area contributed by atoms with Crippen LogP contribution < -0.4 is 0 Å². The fourth-order valence-corrected chi connectivity index (χ4v) is 1.29. The Morgan fingerprint density at radius 2 is 2.21 bits per heavy atom. The topological polar surface area (TPSA) is 43.1 Å². The number of carbonyl (C=O) groups excluding carboxylic acids is 1. The number of nitrogens with zero attached hydrogens (tertiary/aromatic N) is 1. The minimum atomic E-state index is 0.292. The van der Waals surface area contributed by atoms with Crippen LogP contribution in [0.3, 0.4) is 0 Å². The van der Waals surface area contributed by atoms with Gasteiger partial charge < -0.3 is 4.42 Å². The van der Waals surface area contributed by atoms with Gasteiger partial charge in [0, 0.05) is 18.0 Å². The lowest BCUT2D eigenvalue weighted by Crippen LogP contribution is -1.77. The molecule has 0 bridgehead atoms. The molecule has 0 saturated carbocycles. The normalized spacial score (nSPS) is 10.1. The summed E-state index contributed by atoms with van der Waals surface area (Å²) in [7, 11) is 0. The van der Waals surface area contributed by atoms with Gasteiger partial charge in [-0.25, -0.2) is 0 Å². The van der Waals surface area contributed by atoms with Crippen LogP contribution in [0.2, 0.25) is 5.02 Å². The van der Waals surface area contributed by atoms with Crippen molar-refractivity contribution >= 4 is 17.9 Å². The molecule has 2 rings (SSSR count). The lowest BCUT2D eigenvalue weighted by atomic mass is 10.2. The first kappa shape index (κ1) is 8.97. The molecule has 14 heavy (non-hydrogen) atoms. The van der Waals surface area contributed by atoms with Gasteiger partial charge in [0.15, 0.2) is 12.0 Å². The molecule has 0 aliphatic carbocycles. The van der Waals surface area contributed by atoms with E-state index in [1.807, 2.05) is 0 Å². The van der Waals surface area contributed by atoms with E-state index in [0.717, 1.165) is 5.56 Å². The first-order valence-corrected chi connectivity index (χ1v) is 4.33. The van der Waals surface area contributed by atoms with Crippen molar-refractivity contribution in [2.45, 2.75) is 0 Å². The van der Waals surface area contributed by atoms with Crippen LogP contribution in [-0.4, -0.2) is 11.3 Å². The lowest BCUT2D eigenvalue weighted by Gasteiger charge is -1.95. The van der Waals surface area contributed by atoms with Gasteiger partial charge in [-0.1, -0.05) is 11.6 Å². The van der Waals surface area contributed by atoms with Crippen LogP contribution in [0.1, 0.15) is 10.6 Å². The molecule has 0 aliphatic rings. The molecule has 0 spiro atoms.